The first kappa shape index (κ1) is 28.6. The lowest BCUT2D eigenvalue weighted by Gasteiger charge is -2.22. The molecule has 1 aromatic rings. The Morgan fingerprint density at radius 3 is 1.84 bits per heavy atom. The number of carbonyl (C=O) groups excluding carboxylic acids is 2. The van der Waals surface area contributed by atoms with Crippen molar-refractivity contribution in [1.29, 1.82) is 0 Å². The number of hydrogen-bond acceptors (Lipinski definition) is 8. The van der Waals surface area contributed by atoms with Crippen LogP contribution in [-0.2, 0) is 52.7 Å². The number of hydrogen-bond donors (Lipinski definition) is 0. The molecule has 19 heteroatoms. The monoisotopic (exact) mass is 507 g/mol. The molecule has 1 heterocycles. The van der Waals surface area contributed by atoms with Crippen molar-refractivity contribution in [2.75, 3.05) is 7.11 Å². The van der Waals surface area contributed by atoms with E-state index in [-0.39, 0.29) is 6.54 Å². The van der Waals surface area contributed by atoms with Crippen molar-refractivity contribution >= 4 is 32.0 Å². The number of sulfonamides is 2. The van der Waals surface area contributed by atoms with Crippen molar-refractivity contribution in [2.45, 2.75) is 30.6 Å². The molecular formula is C12H15F6N3O8S2. The van der Waals surface area contributed by atoms with E-state index in [1.54, 1.807) is 27.9 Å². The number of alkyl halides is 6. The molecule has 0 radical (unpaired) electrons. The average Bonchev–Trinajstić information content (AvgIpc) is 2.96. The van der Waals surface area contributed by atoms with Gasteiger partial charge >= 0.3 is 23.0 Å². The van der Waals surface area contributed by atoms with E-state index in [4.69, 9.17) is 4.74 Å². The number of ether oxygens (including phenoxy) is 2. The molecule has 31 heavy (non-hydrogen) atoms. The second kappa shape index (κ2) is 10.3. The zero-order chi connectivity index (χ0) is 24.8. The molecule has 11 nitrogen and oxygen atoms in total. The fourth-order valence-corrected chi connectivity index (χ4v) is 3.12. The second-order valence-corrected chi connectivity index (χ2v) is 8.75. The van der Waals surface area contributed by atoms with Gasteiger partial charge in [0.25, 0.3) is 0 Å². The molecule has 0 aliphatic heterocycles. The van der Waals surface area contributed by atoms with Crippen molar-refractivity contribution in [3.63, 3.8) is 0 Å². The van der Waals surface area contributed by atoms with Gasteiger partial charge in [0.1, 0.15) is 12.4 Å². The summed E-state index contributed by atoms with van der Waals surface area (Å²) in [7, 11) is -10.3. The second-order valence-electron chi connectivity index (χ2n) is 5.32. The summed E-state index contributed by atoms with van der Waals surface area (Å²) in [5, 5.41) is 0. The van der Waals surface area contributed by atoms with E-state index < -0.39 is 49.1 Å². The fraction of sp³-hybridized carbons (Fsp3) is 0.583. The Kier molecular flexibility index (Phi) is 9.47. The van der Waals surface area contributed by atoms with Crippen LogP contribution < -0.4 is 4.57 Å². The van der Waals surface area contributed by atoms with Crippen LogP contribution in [0.4, 0.5) is 26.3 Å². The highest BCUT2D eigenvalue weighted by atomic mass is 32.3. The van der Waals surface area contributed by atoms with Gasteiger partial charge in [0.15, 0.2) is 32.7 Å². The Morgan fingerprint density at radius 1 is 1.06 bits per heavy atom. The summed E-state index contributed by atoms with van der Waals surface area (Å²) in [5.41, 5.74) is -12.4. The molecule has 0 saturated carbocycles. The van der Waals surface area contributed by atoms with Crippen LogP contribution in [-0.4, -0.2) is 57.6 Å². The van der Waals surface area contributed by atoms with Gasteiger partial charge in [0.05, 0.1) is 14.2 Å². The van der Waals surface area contributed by atoms with Gasteiger partial charge in [-0.05, 0) is 6.92 Å². The maximum absolute atomic E-state index is 11.4. The van der Waals surface area contributed by atoms with Gasteiger partial charge in [0, 0.05) is 0 Å². The summed E-state index contributed by atoms with van der Waals surface area (Å²) >= 11 is 0. The summed E-state index contributed by atoms with van der Waals surface area (Å²) in [6, 6.07) is 0. The number of methoxy groups -OCH3 is 1. The molecule has 0 aliphatic rings. The number of rotatable bonds is 6. The Balaban J connectivity index is 0.000000582. The lowest BCUT2D eigenvalue weighted by atomic mass is 10.4. The van der Waals surface area contributed by atoms with Crippen LogP contribution in [0.25, 0.3) is 4.13 Å². The van der Waals surface area contributed by atoms with Crippen molar-refractivity contribution in [3.05, 3.63) is 22.8 Å². The summed E-state index contributed by atoms with van der Waals surface area (Å²) in [4.78, 5) is 22.4. The van der Waals surface area contributed by atoms with E-state index in [0.717, 1.165) is 4.13 Å². The Morgan fingerprint density at radius 2 is 1.52 bits per heavy atom. The molecule has 1 aromatic heterocycles. The zero-order valence-electron chi connectivity index (χ0n) is 15.7. The van der Waals surface area contributed by atoms with Gasteiger partial charge in [-0.15, -0.1) is 0 Å². The maximum atomic E-state index is 11.4. The Labute approximate surface area is 171 Å². The first-order valence-corrected chi connectivity index (χ1v) is 10.3. The van der Waals surface area contributed by atoms with Crippen LogP contribution >= 0.6 is 0 Å². The minimum absolute atomic E-state index is 0.0716. The number of nitrogens with zero attached hydrogens (tertiary/aromatic N) is 3. The van der Waals surface area contributed by atoms with E-state index in [1.165, 1.54) is 14.0 Å². The minimum atomic E-state index is -6.72. The number of aromatic nitrogens is 2. The van der Waals surface area contributed by atoms with E-state index in [0.29, 0.717) is 0 Å². The average molecular weight is 507 g/mol. The fourth-order valence-electron chi connectivity index (χ4n) is 1.41. The van der Waals surface area contributed by atoms with E-state index >= 15 is 0 Å². The molecule has 0 fully saturated rings. The summed E-state index contributed by atoms with van der Waals surface area (Å²) in [6.07, 6.45) is 4.41. The molecule has 0 bridgehead atoms. The van der Waals surface area contributed by atoms with Crippen molar-refractivity contribution < 1.29 is 66.8 Å². The molecule has 0 amide bonds. The molecule has 0 spiro atoms. The number of halogens is 6. The molecule has 0 N–H and O–H groups in total. The predicted octanol–water partition coefficient (Wildman–Crippen LogP) is 0.477. The van der Waals surface area contributed by atoms with Gasteiger partial charge in [0.2, 0.25) is 6.33 Å². The summed E-state index contributed by atoms with van der Waals surface area (Å²) in [6.45, 7) is 1.54. The number of imidazole rings is 1. The highest BCUT2D eigenvalue weighted by Gasteiger charge is 2.46. The molecule has 0 unspecified atom stereocenters. The lowest BCUT2D eigenvalue weighted by molar-refractivity contribution is -0.671. The molecule has 1 rings (SSSR count). The van der Waals surface area contributed by atoms with Gasteiger partial charge in [-0.1, -0.05) is 0 Å². The van der Waals surface area contributed by atoms with Crippen molar-refractivity contribution in [1.82, 2.24) is 4.57 Å². The molecular weight excluding hydrogens is 492 g/mol. The van der Waals surface area contributed by atoms with Crippen LogP contribution in [0.3, 0.4) is 0 Å². The minimum Gasteiger partial charge on any atom is -0.466 e. The first-order chi connectivity index (χ1) is 13.7. The third-order valence-corrected chi connectivity index (χ3v) is 5.50. The predicted molar refractivity (Wildman–Crippen MR) is 86.5 cm³/mol. The quantitative estimate of drug-likeness (QED) is 0.307. The smallest absolute Gasteiger partial charge is 0.466 e. The van der Waals surface area contributed by atoms with E-state index in [2.05, 4.69) is 4.74 Å². The topological polar surface area (TPSA) is 144 Å². The largest absolute Gasteiger partial charge is 0.480 e. The Bertz CT molecular complexity index is 943. The SMILES string of the molecule is COC(=O)[C@@H](C)OC(=O)Cn1cc[n+](C)c1.O=S(=O)([N-]S(=O)(=O)C(F)(F)F)C(F)(F)F. The van der Waals surface area contributed by atoms with Crippen LogP contribution in [0.1, 0.15) is 6.92 Å². The Hall–Kier alpha value is -2.41. The lowest BCUT2D eigenvalue weighted by Crippen LogP contribution is -2.30. The number of aryl methyl sites for hydroxylation is 1. The highest BCUT2D eigenvalue weighted by molar-refractivity contribution is 8.13. The molecule has 1 atom stereocenters. The van der Waals surface area contributed by atoms with Crippen LogP contribution in [0, 0.1) is 0 Å². The van der Waals surface area contributed by atoms with Crippen molar-refractivity contribution in [2.24, 2.45) is 7.05 Å². The van der Waals surface area contributed by atoms with Gasteiger partial charge in [-0.2, -0.15) is 26.3 Å². The third-order valence-electron chi connectivity index (χ3n) is 2.76. The normalized spacial score (nSPS) is 13.6. The van der Waals surface area contributed by atoms with Crippen LogP contribution in [0.15, 0.2) is 18.7 Å². The van der Waals surface area contributed by atoms with E-state index in [1.807, 2.05) is 7.05 Å². The molecule has 0 saturated heterocycles. The highest BCUT2D eigenvalue weighted by Crippen LogP contribution is 2.36. The number of carbonyl (C=O) groups is 2. The first-order valence-electron chi connectivity index (χ1n) is 7.38. The third kappa shape index (κ3) is 9.09. The standard InChI is InChI=1S/C10H15N2O4.C2F6NO4S2/c1-8(10(14)15-3)16-9(13)6-12-5-4-11(2)7-12;3-1(4,5)14(10,11)9-15(12,13)2(6,7)8/h4-5,7-8H,6H2,1-3H3;/q+1;-1/t8-;/m1./s1. The molecule has 0 aliphatic carbocycles. The molecule has 0 aromatic carbocycles. The maximum Gasteiger partial charge on any atom is 0.480 e. The van der Waals surface area contributed by atoms with Gasteiger partial charge in [-0.25, -0.2) is 35.6 Å². The zero-order valence-corrected chi connectivity index (χ0v) is 17.3. The van der Waals surface area contributed by atoms with E-state index in [9.17, 15) is 52.8 Å². The van der Waals surface area contributed by atoms with Crippen LogP contribution in [0.5, 0.6) is 0 Å². The molecule has 180 valence electrons. The van der Waals surface area contributed by atoms with Crippen molar-refractivity contribution in [3.8, 4) is 0 Å². The van der Waals surface area contributed by atoms with Crippen LogP contribution in [0.2, 0.25) is 0 Å². The van der Waals surface area contributed by atoms with Gasteiger partial charge in [-0.3, -0.25) is 0 Å². The summed E-state index contributed by atoms with van der Waals surface area (Å²) < 4.78 is 122. The summed E-state index contributed by atoms with van der Waals surface area (Å²) in [5.74, 6) is -1.04. The van der Waals surface area contributed by atoms with Gasteiger partial charge < -0.3 is 13.6 Å². The number of esters is 2.